The summed E-state index contributed by atoms with van der Waals surface area (Å²) in [5, 5.41) is 5.73. The van der Waals surface area contributed by atoms with Crippen molar-refractivity contribution in [2.24, 2.45) is 0 Å². The second-order valence-electron chi connectivity index (χ2n) is 6.57. The Morgan fingerprint density at radius 1 is 1.12 bits per heavy atom. The van der Waals surface area contributed by atoms with Gasteiger partial charge in [0.15, 0.2) is 0 Å². The minimum absolute atomic E-state index is 0.0921. The summed E-state index contributed by atoms with van der Waals surface area (Å²) in [5.41, 5.74) is 1.29. The van der Waals surface area contributed by atoms with Gasteiger partial charge in [-0.15, -0.1) is 0 Å². The molecule has 2 aromatic rings. The van der Waals surface area contributed by atoms with E-state index in [1.54, 1.807) is 11.9 Å². The highest BCUT2D eigenvalue weighted by Gasteiger charge is 2.29. The number of likely N-dealkylation sites (N-methyl/N-ethyl adjacent to an activating group) is 1. The summed E-state index contributed by atoms with van der Waals surface area (Å²) in [6.07, 6.45) is 2.03. The van der Waals surface area contributed by atoms with Crippen LogP contribution in [-0.4, -0.2) is 36.3 Å². The van der Waals surface area contributed by atoms with Gasteiger partial charge < -0.3 is 10.6 Å². The summed E-state index contributed by atoms with van der Waals surface area (Å²) in [5.74, 6) is -0.730. The van der Waals surface area contributed by atoms with E-state index in [0.29, 0.717) is 5.69 Å². The van der Waals surface area contributed by atoms with Crippen LogP contribution in [-0.2, 0) is 9.59 Å². The maximum absolute atomic E-state index is 13.1. The van der Waals surface area contributed by atoms with Crippen LogP contribution < -0.4 is 10.6 Å². The molecule has 0 bridgehead atoms. The maximum atomic E-state index is 13.1. The largest absolute Gasteiger partial charge is 0.352 e. The lowest BCUT2D eigenvalue weighted by atomic mass is 10.0. The van der Waals surface area contributed by atoms with Crippen molar-refractivity contribution in [3.8, 4) is 0 Å². The summed E-state index contributed by atoms with van der Waals surface area (Å²) >= 11 is 0. The van der Waals surface area contributed by atoms with Crippen molar-refractivity contribution in [3.05, 3.63) is 66.0 Å². The lowest BCUT2D eigenvalue weighted by Crippen LogP contribution is -2.41. The van der Waals surface area contributed by atoms with Gasteiger partial charge in [0, 0.05) is 11.7 Å². The highest BCUT2D eigenvalue weighted by molar-refractivity contribution is 5.96. The van der Waals surface area contributed by atoms with Gasteiger partial charge in [-0.2, -0.15) is 0 Å². The first-order valence-electron chi connectivity index (χ1n) is 8.64. The van der Waals surface area contributed by atoms with Crippen molar-refractivity contribution < 1.29 is 14.0 Å². The zero-order valence-corrected chi connectivity index (χ0v) is 14.6. The first kappa shape index (κ1) is 18.1. The monoisotopic (exact) mass is 355 g/mol. The Labute approximate surface area is 152 Å². The van der Waals surface area contributed by atoms with E-state index in [4.69, 9.17) is 0 Å². The third-order valence-corrected chi connectivity index (χ3v) is 4.25. The third-order valence-electron chi connectivity index (χ3n) is 4.25. The van der Waals surface area contributed by atoms with Crippen molar-refractivity contribution in [1.29, 1.82) is 0 Å². The van der Waals surface area contributed by atoms with E-state index in [9.17, 15) is 14.0 Å². The highest BCUT2D eigenvalue weighted by Crippen LogP contribution is 2.22. The van der Waals surface area contributed by atoms with E-state index in [2.05, 4.69) is 10.6 Å². The number of benzene rings is 2. The molecule has 1 aliphatic carbocycles. The fourth-order valence-electron chi connectivity index (χ4n) is 2.80. The van der Waals surface area contributed by atoms with Crippen LogP contribution in [0.15, 0.2) is 54.6 Å². The number of carbonyl (C=O) groups is 2. The van der Waals surface area contributed by atoms with Gasteiger partial charge in [-0.25, -0.2) is 4.39 Å². The van der Waals surface area contributed by atoms with Gasteiger partial charge in [-0.1, -0.05) is 30.3 Å². The molecule has 3 rings (SSSR count). The van der Waals surface area contributed by atoms with Crippen molar-refractivity contribution in [3.63, 3.8) is 0 Å². The molecule has 136 valence electrons. The number of nitrogens with one attached hydrogen (secondary N) is 2. The van der Waals surface area contributed by atoms with Gasteiger partial charge in [0.25, 0.3) is 0 Å². The summed E-state index contributed by atoms with van der Waals surface area (Å²) < 4.78 is 13.1. The van der Waals surface area contributed by atoms with Crippen LogP contribution in [0.1, 0.15) is 24.4 Å². The molecule has 1 fully saturated rings. The van der Waals surface area contributed by atoms with Gasteiger partial charge in [-0.05, 0) is 49.7 Å². The molecule has 26 heavy (non-hydrogen) atoms. The molecule has 0 aromatic heterocycles. The number of carbonyl (C=O) groups excluding carboxylic acids is 2. The van der Waals surface area contributed by atoms with Crippen LogP contribution in [0.5, 0.6) is 0 Å². The second kappa shape index (κ2) is 8.10. The number of halogens is 1. The summed E-state index contributed by atoms with van der Waals surface area (Å²) in [6, 6.07) is 14.5. The maximum Gasteiger partial charge on any atom is 0.246 e. The molecule has 1 atom stereocenters. The van der Waals surface area contributed by atoms with E-state index in [1.807, 2.05) is 30.3 Å². The minimum atomic E-state index is -0.633. The molecule has 0 unspecified atom stereocenters. The van der Waals surface area contributed by atoms with Crippen LogP contribution in [0.25, 0.3) is 0 Å². The van der Waals surface area contributed by atoms with Crippen LogP contribution in [0.2, 0.25) is 0 Å². The average Bonchev–Trinajstić information content (AvgIpc) is 3.42. The van der Waals surface area contributed by atoms with E-state index >= 15 is 0 Å². The lowest BCUT2D eigenvalue weighted by Gasteiger charge is -2.27. The molecule has 6 heteroatoms. The van der Waals surface area contributed by atoms with E-state index in [-0.39, 0.29) is 30.2 Å². The van der Waals surface area contributed by atoms with E-state index in [1.165, 1.54) is 24.3 Å². The Morgan fingerprint density at radius 2 is 1.77 bits per heavy atom. The van der Waals surface area contributed by atoms with Crippen LogP contribution in [0, 0.1) is 5.82 Å². The van der Waals surface area contributed by atoms with Crippen molar-refractivity contribution in [1.82, 2.24) is 10.2 Å². The second-order valence-corrected chi connectivity index (χ2v) is 6.57. The molecule has 0 saturated heterocycles. The Bertz CT molecular complexity index is 760. The van der Waals surface area contributed by atoms with Crippen molar-refractivity contribution in [2.45, 2.75) is 24.9 Å². The van der Waals surface area contributed by atoms with E-state index < -0.39 is 6.04 Å². The molecular formula is C20H22FN3O2. The molecule has 1 aliphatic rings. The van der Waals surface area contributed by atoms with Crippen LogP contribution >= 0.6 is 0 Å². The molecule has 1 saturated carbocycles. The summed E-state index contributed by atoms with van der Waals surface area (Å²) in [6.45, 7) is 0.118. The highest BCUT2D eigenvalue weighted by atomic mass is 19.1. The third kappa shape index (κ3) is 4.89. The Kier molecular flexibility index (Phi) is 5.63. The van der Waals surface area contributed by atoms with Gasteiger partial charge in [0.1, 0.15) is 11.9 Å². The van der Waals surface area contributed by atoms with Gasteiger partial charge in [0.2, 0.25) is 11.8 Å². The predicted molar refractivity (Wildman–Crippen MR) is 98.0 cm³/mol. The fraction of sp³-hybridized carbons (Fsp3) is 0.300. The van der Waals surface area contributed by atoms with Gasteiger partial charge in [-0.3, -0.25) is 14.5 Å². The summed E-state index contributed by atoms with van der Waals surface area (Å²) in [4.78, 5) is 26.7. The number of nitrogens with zero attached hydrogens (tertiary/aromatic N) is 1. The zero-order valence-electron chi connectivity index (χ0n) is 14.6. The van der Waals surface area contributed by atoms with Crippen LogP contribution in [0.4, 0.5) is 10.1 Å². The average molecular weight is 355 g/mol. The Hall–Kier alpha value is -2.73. The number of rotatable bonds is 7. The van der Waals surface area contributed by atoms with Gasteiger partial charge in [0.05, 0.1) is 6.54 Å². The molecule has 0 radical (unpaired) electrons. The number of hydrogen-bond donors (Lipinski definition) is 2. The molecule has 5 nitrogen and oxygen atoms in total. The fourth-order valence-corrected chi connectivity index (χ4v) is 2.80. The molecule has 0 aliphatic heterocycles. The lowest BCUT2D eigenvalue weighted by molar-refractivity contribution is -0.125. The molecule has 0 heterocycles. The van der Waals surface area contributed by atoms with Crippen molar-refractivity contribution >= 4 is 17.5 Å². The summed E-state index contributed by atoms with van der Waals surface area (Å²) in [7, 11) is 1.74. The van der Waals surface area contributed by atoms with E-state index in [0.717, 1.165) is 18.4 Å². The smallest absolute Gasteiger partial charge is 0.246 e. The molecule has 2 N–H and O–H groups in total. The van der Waals surface area contributed by atoms with Crippen LogP contribution in [0.3, 0.4) is 0 Å². The number of amides is 2. The van der Waals surface area contributed by atoms with Gasteiger partial charge >= 0.3 is 0 Å². The molecule has 2 aromatic carbocycles. The first-order chi connectivity index (χ1) is 12.5. The molecule has 0 spiro atoms. The zero-order chi connectivity index (χ0) is 18.5. The Morgan fingerprint density at radius 3 is 2.38 bits per heavy atom. The predicted octanol–water partition coefficient (Wildman–Crippen LogP) is 2.72. The molecule has 2 amide bonds. The number of anilines is 1. The normalized spacial score (nSPS) is 14.7. The number of hydrogen-bond acceptors (Lipinski definition) is 3. The molecular weight excluding hydrogens is 333 g/mol. The standard InChI is InChI=1S/C20H22FN3O2/c1-24(13-18(25)22-16-11-12-16)19(14-5-3-2-4-6-14)20(26)23-17-9-7-15(21)8-10-17/h2-10,16,19H,11-13H2,1H3,(H,22,25)(H,23,26)/t19-/m1/s1. The first-order valence-corrected chi connectivity index (χ1v) is 8.64. The quantitative estimate of drug-likeness (QED) is 0.803. The Balaban J connectivity index is 1.74. The van der Waals surface area contributed by atoms with Crippen molar-refractivity contribution in [2.75, 3.05) is 18.9 Å². The SMILES string of the molecule is CN(CC(=O)NC1CC1)[C@@H](C(=O)Nc1ccc(F)cc1)c1ccccc1. The minimum Gasteiger partial charge on any atom is -0.352 e. The topological polar surface area (TPSA) is 61.4 Å².